The number of nitrogens with one attached hydrogen (secondary N) is 1. The quantitative estimate of drug-likeness (QED) is 0.899. The van der Waals surface area contributed by atoms with Crippen molar-refractivity contribution in [1.82, 2.24) is 10.3 Å². The van der Waals surface area contributed by atoms with Crippen LogP contribution in [0.2, 0.25) is 5.02 Å². The summed E-state index contributed by atoms with van der Waals surface area (Å²) in [4.78, 5) is 4.28. The summed E-state index contributed by atoms with van der Waals surface area (Å²) in [6.07, 6.45) is 1.67. The molecule has 0 saturated heterocycles. The third-order valence-electron chi connectivity index (χ3n) is 2.71. The highest BCUT2D eigenvalue weighted by atomic mass is 35.5. The molecular weight excluding hydrogens is 291 g/mol. The highest BCUT2D eigenvalue weighted by Gasteiger charge is 2.09. The van der Waals surface area contributed by atoms with E-state index < -0.39 is 5.82 Å². The monoisotopic (exact) mass is 308 g/mol. The van der Waals surface area contributed by atoms with E-state index in [2.05, 4.69) is 31.1 Å². The first-order valence-corrected chi connectivity index (χ1v) is 7.04. The van der Waals surface area contributed by atoms with E-state index in [1.807, 2.05) is 6.07 Å². The van der Waals surface area contributed by atoms with E-state index in [0.717, 1.165) is 5.69 Å². The maximum Gasteiger partial charge on any atom is 0.145 e. The van der Waals surface area contributed by atoms with Crippen LogP contribution in [0.4, 0.5) is 4.39 Å². The number of halogens is 2. The molecular formula is C16H18ClFN2O. The highest BCUT2D eigenvalue weighted by Crippen LogP contribution is 2.25. The van der Waals surface area contributed by atoms with Gasteiger partial charge in [-0.15, -0.1) is 0 Å². The molecule has 1 aromatic carbocycles. The normalized spacial score (nSPS) is 11.5. The zero-order chi connectivity index (χ0) is 15.5. The molecule has 1 N–H and O–H groups in total. The topological polar surface area (TPSA) is 34.1 Å². The largest absolute Gasteiger partial charge is 0.457 e. The molecule has 0 unspecified atom stereocenters. The average Bonchev–Trinajstić information content (AvgIpc) is 2.40. The van der Waals surface area contributed by atoms with Gasteiger partial charge in [-0.3, -0.25) is 4.98 Å². The first kappa shape index (κ1) is 15.7. The molecule has 21 heavy (non-hydrogen) atoms. The standard InChI is InChI=1S/C16H18ClFN2O/c1-16(2,3)20-10-11-8-13(6-7-19-11)21-12-4-5-14(17)15(18)9-12/h4-9,20H,10H2,1-3H3. The molecule has 0 radical (unpaired) electrons. The van der Waals surface area contributed by atoms with Gasteiger partial charge in [0, 0.05) is 30.4 Å². The first-order valence-electron chi connectivity index (χ1n) is 6.66. The van der Waals surface area contributed by atoms with Gasteiger partial charge in [-0.05, 0) is 39.0 Å². The SMILES string of the molecule is CC(C)(C)NCc1cc(Oc2ccc(Cl)c(F)c2)ccn1. The lowest BCUT2D eigenvalue weighted by Crippen LogP contribution is -2.35. The Morgan fingerprint density at radius 1 is 1.19 bits per heavy atom. The van der Waals surface area contributed by atoms with Crippen molar-refractivity contribution in [3.8, 4) is 11.5 Å². The molecule has 0 fully saturated rings. The zero-order valence-electron chi connectivity index (χ0n) is 12.3. The minimum Gasteiger partial charge on any atom is -0.457 e. The van der Waals surface area contributed by atoms with Crippen molar-refractivity contribution >= 4 is 11.6 Å². The maximum absolute atomic E-state index is 13.4. The Kier molecular flexibility index (Phi) is 4.80. The Labute approximate surface area is 129 Å². The van der Waals surface area contributed by atoms with Gasteiger partial charge in [0.15, 0.2) is 0 Å². The number of ether oxygens (including phenoxy) is 1. The number of hydrogen-bond donors (Lipinski definition) is 1. The van der Waals surface area contributed by atoms with E-state index in [1.165, 1.54) is 12.1 Å². The van der Waals surface area contributed by atoms with Gasteiger partial charge in [-0.2, -0.15) is 0 Å². The van der Waals surface area contributed by atoms with E-state index in [-0.39, 0.29) is 10.6 Å². The second-order valence-electron chi connectivity index (χ2n) is 5.76. The Balaban J connectivity index is 2.08. The van der Waals surface area contributed by atoms with Gasteiger partial charge in [0.25, 0.3) is 0 Å². The minimum absolute atomic E-state index is 0.0118. The first-order chi connectivity index (χ1) is 9.83. The van der Waals surface area contributed by atoms with Crippen LogP contribution in [-0.2, 0) is 6.54 Å². The third-order valence-corrected chi connectivity index (χ3v) is 3.02. The Hall–Kier alpha value is -1.65. The minimum atomic E-state index is -0.502. The molecule has 0 amide bonds. The van der Waals surface area contributed by atoms with E-state index in [1.54, 1.807) is 18.3 Å². The molecule has 0 bridgehead atoms. The Morgan fingerprint density at radius 2 is 1.90 bits per heavy atom. The molecule has 0 aliphatic rings. The second kappa shape index (κ2) is 6.41. The van der Waals surface area contributed by atoms with E-state index in [0.29, 0.717) is 18.0 Å². The summed E-state index contributed by atoms with van der Waals surface area (Å²) in [6.45, 7) is 6.90. The molecule has 2 aromatic rings. The van der Waals surface area contributed by atoms with Gasteiger partial charge in [0.2, 0.25) is 0 Å². The van der Waals surface area contributed by atoms with E-state index >= 15 is 0 Å². The van der Waals surface area contributed by atoms with Crippen molar-refractivity contribution in [2.24, 2.45) is 0 Å². The van der Waals surface area contributed by atoms with Crippen molar-refractivity contribution in [1.29, 1.82) is 0 Å². The van der Waals surface area contributed by atoms with Gasteiger partial charge in [-0.25, -0.2) is 4.39 Å². The molecule has 2 rings (SSSR count). The molecule has 5 heteroatoms. The number of hydrogen-bond acceptors (Lipinski definition) is 3. The van der Waals surface area contributed by atoms with Gasteiger partial charge >= 0.3 is 0 Å². The lowest BCUT2D eigenvalue weighted by atomic mass is 10.1. The molecule has 1 heterocycles. The number of benzene rings is 1. The summed E-state index contributed by atoms with van der Waals surface area (Å²) in [5.74, 6) is 0.508. The molecule has 0 spiro atoms. The fourth-order valence-corrected chi connectivity index (χ4v) is 1.77. The van der Waals surface area contributed by atoms with Crippen LogP contribution in [-0.4, -0.2) is 10.5 Å². The number of aromatic nitrogens is 1. The van der Waals surface area contributed by atoms with Gasteiger partial charge < -0.3 is 10.1 Å². The average molecular weight is 309 g/mol. The zero-order valence-corrected chi connectivity index (χ0v) is 13.0. The number of pyridine rings is 1. The van der Waals surface area contributed by atoms with Crippen molar-refractivity contribution < 1.29 is 9.13 Å². The van der Waals surface area contributed by atoms with Crippen molar-refractivity contribution in [3.05, 3.63) is 53.1 Å². The van der Waals surface area contributed by atoms with Crippen molar-refractivity contribution in [3.63, 3.8) is 0 Å². The predicted molar refractivity (Wildman–Crippen MR) is 82.3 cm³/mol. The maximum atomic E-state index is 13.4. The summed E-state index contributed by atoms with van der Waals surface area (Å²) < 4.78 is 19.0. The second-order valence-corrected chi connectivity index (χ2v) is 6.17. The fourth-order valence-electron chi connectivity index (χ4n) is 1.65. The Bertz CT molecular complexity index is 626. The Morgan fingerprint density at radius 3 is 2.57 bits per heavy atom. The number of rotatable bonds is 4. The van der Waals surface area contributed by atoms with Crippen LogP contribution in [0, 0.1) is 5.82 Å². The summed E-state index contributed by atoms with van der Waals surface area (Å²) >= 11 is 5.64. The van der Waals surface area contributed by atoms with Crippen molar-refractivity contribution in [2.45, 2.75) is 32.9 Å². The van der Waals surface area contributed by atoms with Crippen LogP contribution in [0.15, 0.2) is 36.5 Å². The lowest BCUT2D eigenvalue weighted by molar-refractivity contribution is 0.419. The molecule has 0 aliphatic heterocycles. The lowest BCUT2D eigenvalue weighted by Gasteiger charge is -2.20. The van der Waals surface area contributed by atoms with Crippen LogP contribution in [0.25, 0.3) is 0 Å². The van der Waals surface area contributed by atoms with E-state index in [4.69, 9.17) is 16.3 Å². The van der Waals surface area contributed by atoms with Crippen molar-refractivity contribution in [2.75, 3.05) is 0 Å². The summed E-state index contributed by atoms with van der Waals surface area (Å²) in [7, 11) is 0. The summed E-state index contributed by atoms with van der Waals surface area (Å²) in [6, 6.07) is 7.91. The summed E-state index contributed by atoms with van der Waals surface area (Å²) in [5.41, 5.74) is 0.870. The van der Waals surface area contributed by atoms with Crippen LogP contribution in [0.3, 0.4) is 0 Å². The summed E-state index contributed by atoms with van der Waals surface area (Å²) in [5, 5.41) is 3.43. The molecule has 0 aliphatic carbocycles. The van der Waals surface area contributed by atoms with Crippen LogP contribution in [0.1, 0.15) is 26.5 Å². The highest BCUT2D eigenvalue weighted by molar-refractivity contribution is 6.30. The molecule has 0 atom stereocenters. The predicted octanol–water partition coefficient (Wildman–Crippen LogP) is 4.55. The molecule has 3 nitrogen and oxygen atoms in total. The van der Waals surface area contributed by atoms with Gasteiger partial charge in [0.05, 0.1) is 10.7 Å². The van der Waals surface area contributed by atoms with Gasteiger partial charge in [-0.1, -0.05) is 11.6 Å². The van der Waals surface area contributed by atoms with Crippen LogP contribution in [0.5, 0.6) is 11.5 Å². The van der Waals surface area contributed by atoms with Crippen LogP contribution >= 0.6 is 11.6 Å². The molecule has 0 saturated carbocycles. The van der Waals surface area contributed by atoms with E-state index in [9.17, 15) is 4.39 Å². The smallest absolute Gasteiger partial charge is 0.145 e. The van der Waals surface area contributed by atoms with Crippen LogP contribution < -0.4 is 10.1 Å². The van der Waals surface area contributed by atoms with Gasteiger partial charge in [0.1, 0.15) is 17.3 Å². The molecule has 112 valence electrons. The molecule has 1 aromatic heterocycles. The number of nitrogens with zero attached hydrogens (tertiary/aromatic N) is 1. The fraction of sp³-hybridized carbons (Fsp3) is 0.312. The third kappa shape index (κ3) is 4.99.